The van der Waals surface area contributed by atoms with Gasteiger partial charge in [-0.25, -0.2) is 4.79 Å². The van der Waals surface area contributed by atoms with Crippen LogP contribution in [0.15, 0.2) is 77.2 Å². The van der Waals surface area contributed by atoms with Gasteiger partial charge in [-0.3, -0.25) is 9.69 Å². The first-order valence-corrected chi connectivity index (χ1v) is 8.92. The number of aliphatic hydroxyl groups excluding tert-OH is 1. The number of carbonyl (C=O) groups is 2. The van der Waals surface area contributed by atoms with Crippen LogP contribution in [0.5, 0.6) is 0 Å². The molecule has 1 fully saturated rings. The highest BCUT2D eigenvalue weighted by atomic mass is 16.6. The topological polar surface area (TPSA) is 78.9 Å². The molecule has 1 atom stereocenters. The molecule has 2 bridgehead atoms. The Morgan fingerprint density at radius 2 is 1.89 bits per heavy atom. The second-order valence-corrected chi connectivity index (χ2v) is 6.65. The molecule has 0 aromatic heterocycles. The number of hydrogen-bond donors (Lipinski definition) is 2. The van der Waals surface area contributed by atoms with E-state index in [0.717, 1.165) is 23.1 Å². The maximum Gasteiger partial charge on any atom is 0.414 e. The van der Waals surface area contributed by atoms with Crippen molar-refractivity contribution in [3.05, 3.63) is 82.8 Å². The Bertz CT molecular complexity index is 872. The molecule has 5 rings (SSSR count). The molecule has 0 radical (unpaired) electrons. The van der Waals surface area contributed by atoms with E-state index < -0.39 is 6.09 Å². The minimum atomic E-state index is -0.392. The number of carbonyl (C=O) groups excluding carboxylic acids is 2. The van der Waals surface area contributed by atoms with E-state index in [0.29, 0.717) is 18.8 Å². The van der Waals surface area contributed by atoms with Gasteiger partial charge in [-0.1, -0.05) is 54.6 Å². The van der Waals surface area contributed by atoms with Crippen molar-refractivity contribution < 1.29 is 19.4 Å². The van der Waals surface area contributed by atoms with Crippen LogP contribution in [0, 0.1) is 0 Å². The Morgan fingerprint density at radius 1 is 1.19 bits per heavy atom. The highest BCUT2D eigenvalue weighted by molar-refractivity contribution is 6.17. The monoisotopic (exact) mass is 364 g/mol. The maximum atomic E-state index is 12.0. The lowest BCUT2D eigenvalue weighted by molar-refractivity contribution is -0.111. The molecule has 2 N–H and O–H groups in total. The number of hydrogen-bond acceptors (Lipinski definition) is 5. The second-order valence-electron chi connectivity index (χ2n) is 6.65. The molecule has 138 valence electrons. The van der Waals surface area contributed by atoms with Crippen molar-refractivity contribution in [3.8, 4) is 0 Å². The van der Waals surface area contributed by atoms with Crippen LogP contribution in [0.4, 0.5) is 4.79 Å². The van der Waals surface area contributed by atoms with Gasteiger partial charge in [-0.15, -0.1) is 0 Å². The van der Waals surface area contributed by atoms with Crippen molar-refractivity contribution in [1.29, 1.82) is 0 Å². The average molecular weight is 364 g/mol. The van der Waals surface area contributed by atoms with E-state index >= 15 is 0 Å². The first-order chi connectivity index (χ1) is 13.1. The van der Waals surface area contributed by atoms with Gasteiger partial charge in [0.1, 0.15) is 12.4 Å². The first kappa shape index (κ1) is 17.3. The minimum absolute atomic E-state index is 0.0873. The molecule has 6 nitrogen and oxygen atoms in total. The first-order valence-electron chi connectivity index (χ1n) is 8.92. The van der Waals surface area contributed by atoms with Crippen molar-refractivity contribution in [2.45, 2.75) is 19.1 Å². The number of allylic oxidation sites excluding steroid dienone is 6. The molecule has 2 aliphatic carbocycles. The van der Waals surface area contributed by atoms with Gasteiger partial charge < -0.3 is 15.2 Å². The number of ketones is 1. The number of fused-ring (bicyclic) bond motifs is 3. The lowest BCUT2D eigenvalue weighted by Crippen LogP contribution is -2.29. The summed E-state index contributed by atoms with van der Waals surface area (Å²) >= 11 is 0. The van der Waals surface area contributed by atoms with E-state index in [1.54, 1.807) is 0 Å². The molecule has 0 saturated carbocycles. The molecular formula is C21H20N2O4. The zero-order valence-electron chi connectivity index (χ0n) is 14.7. The lowest BCUT2D eigenvalue weighted by Gasteiger charge is -2.17. The van der Waals surface area contributed by atoms with E-state index in [2.05, 4.69) is 5.32 Å². The molecule has 4 aliphatic rings. The van der Waals surface area contributed by atoms with Gasteiger partial charge in [0.05, 0.1) is 18.3 Å². The number of nitrogens with zero attached hydrogens (tertiary/aromatic N) is 1. The number of likely N-dealkylation sites (tertiary alicyclic amines) is 1. The summed E-state index contributed by atoms with van der Waals surface area (Å²) in [5.41, 5.74) is 3.30. The Balaban J connectivity index is 0.000000186. The quantitative estimate of drug-likeness (QED) is 0.844. The van der Waals surface area contributed by atoms with Crippen molar-refractivity contribution in [3.63, 3.8) is 0 Å². The summed E-state index contributed by atoms with van der Waals surface area (Å²) in [5.74, 6) is 0.434. The minimum Gasteiger partial charge on any atom is -0.509 e. The zero-order chi connectivity index (χ0) is 18.8. The summed E-state index contributed by atoms with van der Waals surface area (Å²) in [6, 6.07) is 9.64. The fraction of sp³-hybridized carbons (Fsp3) is 0.238. The molecule has 2 aliphatic heterocycles. The number of ether oxygens (including phenoxy) is 1. The summed E-state index contributed by atoms with van der Waals surface area (Å²) in [6.07, 6.45) is 7.81. The molecular weight excluding hydrogens is 344 g/mol. The molecule has 0 spiro atoms. The van der Waals surface area contributed by atoms with E-state index in [9.17, 15) is 14.7 Å². The Labute approximate surface area is 157 Å². The molecule has 1 aromatic carbocycles. The van der Waals surface area contributed by atoms with Crippen LogP contribution < -0.4 is 5.32 Å². The summed E-state index contributed by atoms with van der Waals surface area (Å²) in [5, 5.41) is 12.9. The number of nitrogens with one attached hydrogen (secondary N) is 1. The molecule has 6 heteroatoms. The fourth-order valence-corrected chi connectivity index (χ4v) is 3.50. The van der Waals surface area contributed by atoms with Crippen molar-refractivity contribution in [2.24, 2.45) is 0 Å². The highest BCUT2D eigenvalue weighted by Gasteiger charge is 2.38. The number of Topliss-reactive ketones (excluding diaryl/α,β-unsaturated/α-hetero) is 1. The van der Waals surface area contributed by atoms with E-state index in [1.165, 1.54) is 4.90 Å². The van der Waals surface area contributed by atoms with Gasteiger partial charge in [0.15, 0.2) is 5.78 Å². The Kier molecular flexibility index (Phi) is 4.64. The smallest absolute Gasteiger partial charge is 0.414 e. The van der Waals surface area contributed by atoms with Gasteiger partial charge in [-0.2, -0.15) is 0 Å². The lowest BCUT2D eigenvalue weighted by atomic mass is 10.2. The third-order valence-corrected chi connectivity index (χ3v) is 4.91. The summed E-state index contributed by atoms with van der Waals surface area (Å²) in [4.78, 5) is 24.3. The summed E-state index contributed by atoms with van der Waals surface area (Å²) in [6.45, 7) is 1.27. The number of aliphatic hydroxyl groups is 1. The predicted molar refractivity (Wildman–Crippen MR) is 99.7 cm³/mol. The van der Waals surface area contributed by atoms with Gasteiger partial charge in [0, 0.05) is 17.7 Å². The molecule has 0 unspecified atom stereocenters. The van der Waals surface area contributed by atoms with Crippen LogP contribution >= 0.6 is 0 Å². The van der Waals surface area contributed by atoms with E-state index in [-0.39, 0.29) is 24.2 Å². The molecule has 1 saturated heterocycles. The third-order valence-electron chi connectivity index (χ3n) is 4.91. The van der Waals surface area contributed by atoms with Crippen molar-refractivity contribution in [2.75, 3.05) is 13.1 Å². The number of benzene rings is 1. The SMILES string of the molecule is O=C(OCc1ccccc1)N1CC[C@H]2NCC(O)=C21.O=C1C2=CC=C1C=C2. The standard InChI is InChI=1S/C14H16N2O3.C7H4O/c17-12-8-15-11-6-7-16(13(11)12)14(18)19-9-10-4-2-1-3-5-10;8-7-5-1-2-6(7)4-3-5/h1-5,11,15,17H,6-9H2;1-4H/t11-;/m1./s1. The molecule has 27 heavy (non-hydrogen) atoms. The van der Waals surface area contributed by atoms with E-state index in [1.807, 2.05) is 54.6 Å². The number of amides is 1. The molecule has 1 aromatic rings. The normalized spacial score (nSPS) is 21.7. The van der Waals surface area contributed by atoms with Crippen molar-refractivity contribution in [1.82, 2.24) is 10.2 Å². The molecule has 1 amide bonds. The summed E-state index contributed by atoms with van der Waals surface area (Å²) in [7, 11) is 0. The highest BCUT2D eigenvalue weighted by Crippen LogP contribution is 2.28. The van der Waals surface area contributed by atoms with Crippen LogP contribution in [0.2, 0.25) is 0 Å². The van der Waals surface area contributed by atoms with Crippen LogP contribution in [-0.2, 0) is 16.1 Å². The van der Waals surface area contributed by atoms with Gasteiger partial charge in [0.25, 0.3) is 0 Å². The second kappa shape index (κ2) is 7.25. The van der Waals surface area contributed by atoms with Crippen LogP contribution in [0.25, 0.3) is 0 Å². The van der Waals surface area contributed by atoms with Crippen molar-refractivity contribution >= 4 is 11.9 Å². The van der Waals surface area contributed by atoms with Gasteiger partial charge >= 0.3 is 6.09 Å². The Morgan fingerprint density at radius 3 is 2.48 bits per heavy atom. The third kappa shape index (κ3) is 3.44. The fourth-order valence-electron chi connectivity index (χ4n) is 3.50. The predicted octanol–water partition coefficient (Wildman–Crippen LogP) is 2.76. The maximum absolute atomic E-state index is 12.0. The summed E-state index contributed by atoms with van der Waals surface area (Å²) < 4.78 is 5.28. The average Bonchev–Trinajstić information content (AvgIpc) is 3.46. The number of rotatable bonds is 2. The molecule has 2 heterocycles. The van der Waals surface area contributed by atoms with Gasteiger partial charge in [0.2, 0.25) is 0 Å². The van der Waals surface area contributed by atoms with Crippen LogP contribution in [0.3, 0.4) is 0 Å². The van der Waals surface area contributed by atoms with Gasteiger partial charge in [-0.05, 0) is 12.0 Å². The largest absolute Gasteiger partial charge is 0.509 e. The van der Waals surface area contributed by atoms with Crippen LogP contribution in [0.1, 0.15) is 12.0 Å². The van der Waals surface area contributed by atoms with Crippen LogP contribution in [-0.4, -0.2) is 41.0 Å². The Hall–Kier alpha value is -3.12. The zero-order valence-corrected chi connectivity index (χ0v) is 14.7. The van der Waals surface area contributed by atoms with E-state index in [4.69, 9.17) is 4.74 Å².